The zero-order valence-electron chi connectivity index (χ0n) is 16.3. The first-order chi connectivity index (χ1) is 13.7. The Morgan fingerprint density at radius 1 is 1.21 bits per heavy atom. The van der Waals surface area contributed by atoms with Gasteiger partial charge in [0.05, 0.1) is 13.7 Å². The lowest BCUT2D eigenvalue weighted by atomic mass is 10.0. The Hall–Kier alpha value is -2.41. The number of benzene rings is 1. The minimum Gasteiger partial charge on any atom is -0.497 e. The van der Waals surface area contributed by atoms with Crippen LogP contribution in [-0.2, 0) is 11.2 Å². The molecule has 1 aliphatic heterocycles. The summed E-state index contributed by atoms with van der Waals surface area (Å²) in [6, 6.07) is 7.03. The van der Waals surface area contributed by atoms with Crippen LogP contribution in [0.1, 0.15) is 60.2 Å². The van der Waals surface area contributed by atoms with Gasteiger partial charge in [-0.05, 0) is 62.3 Å². The second-order valence-corrected chi connectivity index (χ2v) is 7.56. The largest absolute Gasteiger partial charge is 0.497 e. The Morgan fingerprint density at radius 2 is 2.04 bits per heavy atom. The predicted octanol–water partition coefficient (Wildman–Crippen LogP) is 3.41. The Morgan fingerprint density at radius 3 is 2.79 bits per heavy atom. The molecule has 7 heteroatoms. The molecular formula is C21H27N3O4. The molecule has 1 atom stereocenters. The third-order valence-electron chi connectivity index (χ3n) is 5.39. The number of aromatic nitrogens is 2. The third-order valence-corrected chi connectivity index (χ3v) is 5.39. The monoisotopic (exact) mass is 385 g/mol. The van der Waals surface area contributed by atoms with Crippen molar-refractivity contribution < 1.29 is 18.8 Å². The molecule has 1 saturated heterocycles. The molecule has 1 unspecified atom stereocenters. The van der Waals surface area contributed by atoms with Crippen LogP contribution in [0.25, 0.3) is 0 Å². The maximum absolute atomic E-state index is 13.0. The number of rotatable bonds is 8. The Labute approximate surface area is 165 Å². The highest BCUT2D eigenvalue weighted by Gasteiger charge is 2.32. The summed E-state index contributed by atoms with van der Waals surface area (Å²) >= 11 is 0. The van der Waals surface area contributed by atoms with Crippen molar-refractivity contribution in [2.75, 3.05) is 26.9 Å². The van der Waals surface area contributed by atoms with Crippen molar-refractivity contribution in [2.24, 2.45) is 5.92 Å². The summed E-state index contributed by atoms with van der Waals surface area (Å²) in [4.78, 5) is 19.4. The fourth-order valence-corrected chi connectivity index (χ4v) is 3.53. The maximum Gasteiger partial charge on any atom is 0.254 e. The molecule has 0 radical (unpaired) electrons. The van der Waals surface area contributed by atoms with Crippen molar-refractivity contribution in [1.82, 2.24) is 15.0 Å². The Bertz CT molecular complexity index is 785. The lowest BCUT2D eigenvalue weighted by Crippen LogP contribution is -2.38. The summed E-state index contributed by atoms with van der Waals surface area (Å²) < 4.78 is 16.3. The summed E-state index contributed by atoms with van der Waals surface area (Å²) in [6.07, 6.45) is 6.06. The van der Waals surface area contributed by atoms with Gasteiger partial charge in [-0.25, -0.2) is 0 Å². The number of methoxy groups -OCH3 is 1. The van der Waals surface area contributed by atoms with Gasteiger partial charge < -0.3 is 18.9 Å². The van der Waals surface area contributed by atoms with E-state index in [2.05, 4.69) is 10.1 Å². The van der Waals surface area contributed by atoms with E-state index in [0.29, 0.717) is 36.9 Å². The highest BCUT2D eigenvalue weighted by atomic mass is 16.5. The van der Waals surface area contributed by atoms with Gasteiger partial charge in [-0.3, -0.25) is 4.79 Å². The first-order valence-corrected chi connectivity index (χ1v) is 10.1. The average molecular weight is 385 g/mol. The topological polar surface area (TPSA) is 77.7 Å². The highest BCUT2D eigenvalue weighted by molar-refractivity contribution is 5.94. The molecule has 1 amide bonds. The number of nitrogens with zero attached hydrogens (tertiary/aromatic N) is 3. The van der Waals surface area contributed by atoms with Crippen LogP contribution >= 0.6 is 0 Å². The second kappa shape index (κ2) is 8.73. The number of piperidine rings is 1. The number of likely N-dealkylation sites (tertiary alicyclic amines) is 1. The first kappa shape index (κ1) is 18.9. The Kier molecular flexibility index (Phi) is 5.90. The molecule has 2 heterocycles. The molecule has 1 aromatic heterocycles. The van der Waals surface area contributed by atoms with Crippen LogP contribution in [0.3, 0.4) is 0 Å². The molecule has 1 aliphatic carbocycles. The van der Waals surface area contributed by atoms with Crippen LogP contribution in [0.2, 0.25) is 0 Å². The van der Waals surface area contributed by atoms with Gasteiger partial charge in [-0.2, -0.15) is 4.98 Å². The van der Waals surface area contributed by atoms with E-state index < -0.39 is 0 Å². The van der Waals surface area contributed by atoms with Gasteiger partial charge in [0.15, 0.2) is 5.82 Å². The van der Waals surface area contributed by atoms with Crippen LogP contribution in [0.4, 0.5) is 0 Å². The molecule has 0 N–H and O–H groups in total. The van der Waals surface area contributed by atoms with Crippen molar-refractivity contribution >= 4 is 5.91 Å². The van der Waals surface area contributed by atoms with E-state index in [4.69, 9.17) is 14.0 Å². The SMILES string of the molecule is COc1ccc(C(=O)N2CCCCC2c2nc(CCOCC3CC3)no2)cc1. The zero-order chi connectivity index (χ0) is 19.3. The van der Waals surface area contributed by atoms with Crippen molar-refractivity contribution in [3.8, 4) is 5.75 Å². The van der Waals surface area contributed by atoms with Gasteiger partial charge in [0.1, 0.15) is 11.8 Å². The predicted molar refractivity (Wildman–Crippen MR) is 102 cm³/mol. The van der Waals surface area contributed by atoms with E-state index in [9.17, 15) is 4.79 Å². The molecule has 0 spiro atoms. The molecule has 0 bridgehead atoms. The summed E-state index contributed by atoms with van der Waals surface area (Å²) in [7, 11) is 1.61. The number of carbonyl (C=O) groups excluding carboxylic acids is 1. The summed E-state index contributed by atoms with van der Waals surface area (Å²) in [6.45, 7) is 2.13. The van der Waals surface area contributed by atoms with Crippen LogP contribution in [0, 0.1) is 5.92 Å². The molecule has 28 heavy (non-hydrogen) atoms. The molecule has 1 saturated carbocycles. The molecular weight excluding hydrogens is 358 g/mol. The molecule has 2 aromatic rings. The van der Waals surface area contributed by atoms with Crippen LogP contribution in [0.5, 0.6) is 5.75 Å². The van der Waals surface area contributed by atoms with Gasteiger partial charge >= 0.3 is 0 Å². The number of amides is 1. The van der Waals surface area contributed by atoms with E-state index in [1.165, 1.54) is 12.8 Å². The molecule has 7 nitrogen and oxygen atoms in total. The van der Waals surface area contributed by atoms with E-state index in [0.717, 1.165) is 37.5 Å². The van der Waals surface area contributed by atoms with Crippen molar-refractivity contribution in [3.63, 3.8) is 0 Å². The number of hydrogen-bond donors (Lipinski definition) is 0. The molecule has 2 fully saturated rings. The molecule has 4 rings (SSSR count). The van der Waals surface area contributed by atoms with Crippen molar-refractivity contribution in [3.05, 3.63) is 41.5 Å². The van der Waals surface area contributed by atoms with Gasteiger partial charge in [0.25, 0.3) is 5.91 Å². The van der Waals surface area contributed by atoms with Crippen molar-refractivity contribution in [1.29, 1.82) is 0 Å². The van der Waals surface area contributed by atoms with Gasteiger partial charge in [0, 0.05) is 25.1 Å². The maximum atomic E-state index is 13.0. The van der Waals surface area contributed by atoms with Gasteiger partial charge in [-0.15, -0.1) is 0 Å². The molecule has 150 valence electrons. The van der Waals surface area contributed by atoms with Crippen LogP contribution < -0.4 is 4.74 Å². The number of ether oxygens (including phenoxy) is 2. The van der Waals surface area contributed by atoms with Gasteiger partial charge in [0.2, 0.25) is 5.89 Å². The first-order valence-electron chi connectivity index (χ1n) is 10.1. The fourth-order valence-electron chi connectivity index (χ4n) is 3.53. The minimum absolute atomic E-state index is 0.0140. The lowest BCUT2D eigenvalue weighted by molar-refractivity contribution is 0.0561. The molecule has 2 aliphatic rings. The number of carbonyl (C=O) groups is 1. The van der Waals surface area contributed by atoms with E-state index in [-0.39, 0.29) is 11.9 Å². The van der Waals surface area contributed by atoms with E-state index in [1.54, 1.807) is 31.4 Å². The highest BCUT2D eigenvalue weighted by Crippen LogP contribution is 2.32. The standard InChI is InChI=1S/C21H27N3O4/c1-26-17-9-7-16(8-10-17)21(25)24-12-3-2-4-18(24)20-22-19(23-28-20)11-13-27-14-15-5-6-15/h7-10,15,18H,2-6,11-14H2,1H3. The molecule has 1 aromatic carbocycles. The summed E-state index contributed by atoms with van der Waals surface area (Å²) in [5.41, 5.74) is 0.640. The van der Waals surface area contributed by atoms with E-state index >= 15 is 0 Å². The summed E-state index contributed by atoms with van der Waals surface area (Å²) in [5.74, 6) is 2.64. The van der Waals surface area contributed by atoms with Crippen LogP contribution in [-0.4, -0.2) is 47.8 Å². The minimum atomic E-state index is -0.169. The van der Waals surface area contributed by atoms with Crippen molar-refractivity contribution in [2.45, 2.75) is 44.6 Å². The quantitative estimate of drug-likeness (QED) is 0.648. The summed E-state index contributed by atoms with van der Waals surface area (Å²) in [5, 5.41) is 4.09. The van der Waals surface area contributed by atoms with Crippen LogP contribution in [0.15, 0.2) is 28.8 Å². The smallest absolute Gasteiger partial charge is 0.254 e. The zero-order valence-corrected chi connectivity index (χ0v) is 16.3. The second-order valence-electron chi connectivity index (χ2n) is 7.56. The van der Waals surface area contributed by atoms with E-state index in [1.807, 2.05) is 4.90 Å². The van der Waals surface area contributed by atoms with Gasteiger partial charge in [-0.1, -0.05) is 5.16 Å². The lowest BCUT2D eigenvalue weighted by Gasteiger charge is -2.33. The number of hydrogen-bond acceptors (Lipinski definition) is 6. The Balaban J connectivity index is 1.40. The third kappa shape index (κ3) is 4.52. The fraction of sp³-hybridized carbons (Fsp3) is 0.571. The normalized spacial score (nSPS) is 19.6. The average Bonchev–Trinajstić information content (AvgIpc) is 3.46.